The lowest BCUT2D eigenvalue weighted by atomic mass is 9.83. The van der Waals surface area contributed by atoms with E-state index in [2.05, 4.69) is 82.8 Å². The number of benzene rings is 3. The summed E-state index contributed by atoms with van der Waals surface area (Å²) < 4.78 is 11.9. The molecule has 0 radical (unpaired) electrons. The van der Waals surface area contributed by atoms with Crippen LogP contribution in [-0.4, -0.2) is 13.7 Å². The van der Waals surface area contributed by atoms with Crippen molar-refractivity contribution in [3.8, 4) is 22.6 Å². The van der Waals surface area contributed by atoms with Crippen molar-refractivity contribution in [3.63, 3.8) is 0 Å². The predicted molar refractivity (Wildman–Crippen MR) is 132 cm³/mol. The van der Waals surface area contributed by atoms with E-state index in [1.165, 1.54) is 5.56 Å². The molecule has 0 saturated heterocycles. The van der Waals surface area contributed by atoms with Gasteiger partial charge in [-0.3, -0.25) is 0 Å². The van der Waals surface area contributed by atoms with Gasteiger partial charge in [-0.25, -0.2) is 0 Å². The second-order valence-electron chi connectivity index (χ2n) is 8.89. The number of methoxy groups -OCH3 is 1. The van der Waals surface area contributed by atoms with Crippen molar-refractivity contribution in [1.29, 1.82) is 0 Å². The van der Waals surface area contributed by atoms with E-state index in [0.29, 0.717) is 6.61 Å². The number of rotatable bonds is 8. The van der Waals surface area contributed by atoms with E-state index in [4.69, 9.17) is 9.47 Å². The van der Waals surface area contributed by atoms with Crippen LogP contribution in [0.4, 0.5) is 0 Å². The molecule has 0 heterocycles. The maximum Gasteiger partial charge on any atom is 0.130 e. The van der Waals surface area contributed by atoms with Crippen molar-refractivity contribution in [3.05, 3.63) is 90.0 Å². The van der Waals surface area contributed by atoms with Crippen LogP contribution < -0.4 is 9.47 Å². The van der Waals surface area contributed by atoms with Crippen LogP contribution in [0, 0.1) is 0 Å². The molecule has 0 amide bonds. The number of para-hydroxylation sites is 2. The van der Waals surface area contributed by atoms with E-state index in [1.54, 1.807) is 7.11 Å². The quantitative estimate of drug-likeness (QED) is 0.349. The molecule has 3 aromatic carbocycles. The average Bonchev–Trinajstić information content (AvgIpc) is 2.78. The molecule has 0 spiro atoms. The van der Waals surface area contributed by atoms with Gasteiger partial charge < -0.3 is 9.47 Å². The molecule has 2 nitrogen and oxygen atoms in total. The molecule has 3 rings (SSSR count). The van der Waals surface area contributed by atoms with Crippen LogP contribution in [0.2, 0.25) is 0 Å². The Balaban J connectivity index is 2.05. The van der Waals surface area contributed by atoms with Crippen molar-refractivity contribution in [2.45, 2.75) is 46.0 Å². The van der Waals surface area contributed by atoms with Gasteiger partial charge in [-0.15, -0.1) is 0 Å². The Bertz CT molecular complexity index is 1040. The summed E-state index contributed by atoms with van der Waals surface area (Å²) in [6.07, 6.45) is 2.14. The fourth-order valence-corrected chi connectivity index (χ4v) is 3.75. The van der Waals surface area contributed by atoms with E-state index < -0.39 is 0 Å². The van der Waals surface area contributed by atoms with E-state index in [0.717, 1.165) is 52.2 Å². The van der Waals surface area contributed by atoms with E-state index >= 15 is 0 Å². The lowest BCUT2D eigenvalue weighted by Gasteiger charge is -2.25. The lowest BCUT2D eigenvalue weighted by molar-refractivity contribution is 0.300. The van der Waals surface area contributed by atoms with Gasteiger partial charge in [0.2, 0.25) is 0 Å². The summed E-state index contributed by atoms with van der Waals surface area (Å²) in [4.78, 5) is 0. The zero-order valence-electron chi connectivity index (χ0n) is 19.5. The SMILES string of the molecule is C=C(c1cccc(-c2ccccc2OC)c1)c1cccc(C(C)(C)C)c1OCCCC. The van der Waals surface area contributed by atoms with Crippen molar-refractivity contribution in [2.24, 2.45) is 0 Å². The fourth-order valence-electron chi connectivity index (χ4n) is 3.75. The summed E-state index contributed by atoms with van der Waals surface area (Å²) in [5.41, 5.74) is 6.48. The zero-order chi connectivity index (χ0) is 22.4. The van der Waals surface area contributed by atoms with Crippen LogP contribution in [0.15, 0.2) is 73.3 Å². The highest BCUT2D eigenvalue weighted by atomic mass is 16.5. The number of hydrogen-bond donors (Lipinski definition) is 0. The minimum atomic E-state index is -0.0168. The van der Waals surface area contributed by atoms with Gasteiger partial charge in [-0.1, -0.05) is 95.3 Å². The number of ether oxygens (including phenoxy) is 2. The second kappa shape index (κ2) is 9.87. The highest BCUT2D eigenvalue weighted by Crippen LogP contribution is 2.40. The Kier molecular flexibility index (Phi) is 7.22. The van der Waals surface area contributed by atoms with Crippen molar-refractivity contribution in [2.75, 3.05) is 13.7 Å². The van der Waals surface area contributed by atoms with Gasteiger partial charge in [0.25, 0.3) is 0 Å². The molecule has 0 aromatic heterocycles. The Labute approximate surface area is 187 Å². The highest BCUT2D eigenvalue weighted by molar-refractivity contribution is 5.84. The Morgan fingerprint density at radius 2 is 1.68 bits per heavy atom. The minimum Gasteiger partial charge on any atom is -0.496 e. The molecular weight excluding hydrogens is 380 g/mol. The number of unbranched alkanes of at least 4 members (excludes halogenated alkanes) is 1. The molecule has 0 saturated carbocycles. The van der Waals surface area contributed by atoms with Gasteiger partial charge in [-0.2, -0.15) is 0 Å². The minimum absolute atomic E-state index is 0.0168. The van der Waals surface area contributed by atoms with Crippen molar-refractivity contribution >= 4 is 5.57 Å². The normalized spacial score (nSPS) is 11.3. The Morgan fingerprint density at radius 1 is 0.935 bits per heavy atom. The van der Waals surface area contributed by atoms with Gasteiger partial charge in [0.05, 0.1) is 13.7 Å². The molecule has 31 heavy (non-hydrogen) atoms. The first-order valence-electron chi connectivity index (χ1n) is 11.1. The molecule has 0 aliphatic heterocycles. The van der Waals surface area contributed by atoms with Crippen LogP contribution in [-0.2, 0) is 5.41 Å². The largest absolute Gasteiger partial charge is 0.496 e. The molecule has 0 fully saturated rings. The van der Waals surface area contributed by atoms with Gasteiger partial charge in [-0.05, 0) is 40.7 Å². The standard InChI is InChI=1S/C29H34O2/c1-7-8-19-31-28-24(16-12-17-26(28)29(3,4)5)21(2)22-13-11-14-23(20-22)25-15-9-10-18-27(25)30-6/h9-18,20H,2,7-8,19H2,1,3-6H3. The molecule has 0 atom stereocenters. The second-order valence-corrected chi connectivity index (χ2v) is 8.89. The summed E-state index contributed by atoms with van der Waals surface area (Å²) in [5, 5.41) is 0. The Morgan fingerprint density at radius 3 is 2.39 bits per heavy atom. The third-order valence-electron chi connectivity index (χ3n) is 5.52. The average molecular weight is 415 g/mol. The van der Waals surface area contributed by atoms with Crippen LogP contribution in [0.25, 0.3) is 16.7 Å². The zero-order valence-corrected chi connectivity index (χ0v) is 19.5. The van der Waals surface area contributed by atoms with E-state index in [-0.39, 0.29) is 5.41 Å². The van der Waals surface area contributed by atoms with Crippen molar-refractivity contribution in [1.82, 2.24) is 0 Å². The molecule has 0 N–H and O–H groups in total. The monoisotopic (exact) mass is 414 g/mol. The lowest BCUT2D eigenvalue weighted by Crippen LogP contribution is -2.15. The molecule has 162 valence electrons. The molecule has 2 heteroatoms. The fraction of sp³-hybridized carbons (Fsp3) is 0.310. The highest BCUT2D eigenvalue weighted by Gasteiger charge is 2.23. The van der Waals surface area contributed by atoms with Gasteiger partial charge >= 0.3 is 0 Å². The number of hydrogen-bond acceptors (Lipinski definition) is 2. The predicted octanol–water partition coefficient (Wildman–Crippen LogP) is 7.90. The first kappa shape index (κ1) is 22.7. The van der Waals surface area contributed by atoms with Crippen LogP contribution in [0.1, 0.15) is 57.2 Å². The maximum atomic E-state index is 6.35. The third kappa shape index (κ3) is 5.19. The van der Waals surface area contributed by atoms with Crippen LogP contribution in [0.3, 0.4) is 0 Å². The topological polar surface area (TPSA) is 18.5 Å². The van der Waals surface area contributed by atoms with Crippen LogP contribution >= 0.6 is 0 Å². The first-order chi connectivity index (χ1) is 14.9. The molecule has 0 aliphatic rings. The first-order valence-corrected chi connectivity index (χ1v) is 11.1. The van der Waals surface area contributed by atoms with E-state index in [1.807, 2.05) is 18.2 Å². The van der Waals surface area contributed by atoms with Crippen LogP contribution in [0.5, 0.6) is 11.5 Å². The Hall–Kier alpha value is -3.00. The van der Waals surface area contributed by atoms with Crippen molar-refractivity contribution < 1.29 is 9.47 Å². The van der Waals surface area contributed by atoms with Gasteiger partial charge in [0.1, 0.15) is 11.5 Å². The molecule has 0 unspecified atom stereocenters. The summed E-state index contributed by atoms with van der Waals surface area (Å²) >= 11 is 0. The smallest absolute Gasteiger partial charge is 0.130 e. The third-order valence-corrected chi connectivity index (χ3v) is 5.52. The summed E-state index contributed by atoms with van der Waals surface area (Å²) in [6.45, 7) is 14.0. The summed E-state index contributed by atoms with van der Waals surface area (Å²) in [7, 11) is 1.71. The molecule has 0 bridgehead atoms. The van der Waals surface area contributed by atoms with Gasteiger partial charge in [0, 0.05) is 16.7 Å². The summed E-state index contributed by atoms with van der Waals surface area (Å²) in [5.74, 6) is 1.82. The summed E-state index contributed by atoms with van der Waals surface area (Å²) in [6, 6.07) is 23.0. The molecular formula is C29H34O2. The maximum absolute atomic E-state index is 6.35. The molecule has 0 aliphatic carbocycles. The molecule has 3 aromatic rings. The van der Waals surface area contributed by atoms with E-state index in [9.17, 15) is 0 Å². The van der Waals surface area contributed by atoms with Gasteiger partial charge in [0.15, 0.2) is 0 Å².